The van der Waals surface area contributed by atoms with Crippen LogP contribution >= 0.6 is 0 Å². The van der Waals surface area contributed by atoms with Gasteiger partial charge in [-0.25, -0.2) is 4.79 Å². The van der Waals surface area contributed by atoms with Gasteiger partial charge in [0, 0.05) is 17.7 Å². The number of benzene rings is 1. The number of ketones is 1. The molecule has 0 spiro atoms. The summed E-state index contributed by atoms with van der Waals surface area (Å²) in [5.41, 5.74) is 1.41. The maximum absolute atomic E-state index is 11.9. The molecule has 0 saturated heterocycles. The molecule has 1 aromatic rings. The van der Waals surface area contributed by atoms with Gasteiger partial charge in [-0.3, -0.25) is 4.79 Å². The van der Waals surface area contributed by atoms with Crippen LogP contribution in [0.2, 0.25) is 0 Å². The summed E-state index contributed by atoms with van der Waals surface area (Å²) in [4.78, 5) is 25.2. The van der Waals surface area contributed by atoms with Crippen LogP contribution in [-0.4, -0.2) is 42.5 Å². The molecule has 5 nitrogen and oxygen atoms in total. The summed E-state index contributed by atoms with van der Waals surface area (Å²) in [6.45, 7) is 3.98. The first-order chi connectivity index (χ1) is 8.86. The van der Waals surface area contributed by atoms with Gasteiger partial charge in [0.25, 0.3) is 5.78 Å². The highest BCUT2D eigenvalue weighted by atomic mass is 16.5. The van der Waals surface area contributed by atoms with E-state index in [1.165, 1.54) is 12.1 Å². The van der Waals surface area contributed by atoms with Crippen molar-refractivity contribution in [2.75, 3.05) is 20.7 Å². The molecular formula is C14H19NO4. The zero-order valence-corrected chi connectivity index (χ0v) is 11.7. The quantitative estimate of drug-likeness (QED) is 0.496. The van der Waals surface area contributed by atoms with Gasteiger partial charge in [0.15, 0.2) is 0 Å². The van der Waals surface area contributed by atoms with Crippen molar-refractivity contribution in [3.8, 4) is 5.75 Å². The number of hydrogen-bond acceptors (Lipinski definition) is 5. The number of hydrogen-bond donors (Lipinski definition) is 1. The van der Waals surface area contributed by atoms with E-state index in [-0.39, 0.29) is 17.9 Å². The van der Waals surface area contributed by atoms with Crippen LogP contribution < -0.4 is 0 Å². The summed E-state index contributed by atoms with van der Waals surface area (Å²) in [7, 11) is 3.71. The van der Waals surface area contributed by atoms with Crippen LogP contribution in [-0.2, 0) is 16.1 Å². The van der Waals surface area contributed by atoms with E-state index in [1.807, 2.05) is 19.0 Å². The van der Waals surface area contributed by atoms with Gasteiger partial charge >= 0.3 is 5.97 Å². The van der Waals surface area contributed by atoms with Crippen molar-refractivity contribution < 1.29 is 19.4 Å². The van der Waals surface area contributed by atoms with Gasteiger partial charge < -0.3 is 14.7 Å². The Morgan fingerprint density at radius 2 is 1.95 bits per heavy atom. The van der Waals surface area contributed by atoms with Crippen LogP contribution in [0.15, 0.2) is 12.1 Å². The van der Waals surface area contributed by atoms with E-state index >= 15 is 0 Å². The number of esters is 1. The fourth-order valence-electron chi connectivity index (χ4n) is 1.76. The third-order valence-corrected chi connectivity index (χ3v) is 2.59. The molecule has 0 radical (unpaired) electrons. The fraction of sp³-hybridized carbons (Fsp3) is 0.429. The SMILES string of the molecule is CCOC(=O)C(=O)c1cc(C)c(O)c(CN(C)C)c1. The molecule has 0 aliphatic heterocycles. The first-order valence-corrected chi connectivity index (χ1v) is 6.05. The molecular weight excluding hydrogens is 246 g/mol. The van der Waals surface area contributed by atoms with E-state index in [2.05, 4.69) is 4.74 Å². The minimum Gasteiger partial charge on any atom is -0.507 e. The van der Waals surface area contributed by atoms with Crippen molar-refractivity contribution in [2.24, 2.45) is 0 Å². The second-order valence-corrected chi connectivity index (χ2v) is 4.59. The van der Waals surface area contributed by atoms with E-state index < -0.39 is 11.8 Å². The van der Waals surface area contributed by atoms with Gasteiger partial charge in [-0.05, 0) is 45.6 Å². The molecule has 0 aliphatic rings. The van der Waals surface area contributed by atoms with E-state index in [0.717, 1.165) is 0 Å². The number of carbonyl (C=O) groups excluding carboxylic acids is 2. The Kier molecular flexibility index (Phi) is 5.06. The highest BCUT2D eigenvalue weighted by Gasteiger charge is 2.20. The number of aromatic hydroxyl groups is 1. The molecule has 0 heterocycles. The lowest BCUT2D eigenvalue weighted by Gasteiger charge is -2.14. The molecule has 0 amide bonds. The topological polar surface area (TPSA) is 66.8 Å². The second-order valence-electron chi connectivity index (χ2n) is 4.59. The Bertz CT molecular complexity index is 494. The predicted octanol–water partition coefficient (Wildman–Crippen LogP) is 1.51. The average molecular weight is 265 g/mol. The van der Waals surface area contributed by atoms with Crippen LogP contribution in [0, 0.1) is 6.92 Å². The number of rotatable bonds is 5. The standard InChI is InChI=1S/C14H19NO4/c1-5-19-14(18)13(17)10-6-9(2)12(16)11(7-10)8-15(3)4/h6-7,16H,5,8H2,1-4H3. The highest BCUT2D eigenvalue weighted by molar-refractivity contribution is 6.40. The van der Waals surface area contributed by atoms with Crippen molar-refractivity contribution in [3.63, 3.8) is 0 Å². The molecule has 1 N–H and O–H groups in total. The lowest BCUT2D eigenvalue weighted by Crippen LogP contribution is -2.18. The average Bonchev–Trinajstić information content (AvgIpc) is 2.33. The lowest BCUT2D eigenvalue weighted by molar-refractivity contribution is -0.137. The fourth-order valence-corrected chi connectivity index (χ4v) is 1.76. The van der Waals surface area contributed by atoms with Gasteiger partial charge in [-0.2, -0.15) is 0 Å². The van der Waals surface area contributed by atoms with Gasteiger partial charge in [0.05, 0.1) is 6.61 Å². The third kappa shape index (κ3) is 3.79. The largest absolute Gasteiger partial charge is 0.507 e. The number of Topliss-reactive ketones (excluding diaryl/α,β-unsaturated/α-hetero) is 1. The molecule has 0 aromatic heterocycles. The summed E-state index contributed by atoms with van der Waals surface area (Å²) >= 11 is 0. The van der Waals surface area contributed by atoms with Crippen molar-refractivity contribution in [1.82, 2.24) is 4.90 Å². The second kappa shape index (κ2) is 6.33. The molecule has 0 aliphatic carbocycles. The number of ether oxygens (including phenoxy) is 1. The summed E-state index contributed by atoms with van der Waals surface area (Å²) in [6.07, 6.45) is 0. The molecule has 1 aromatic carbocycles. The third-order valence-electron chi connectivity index (χ3n) is 2.59. The Labute approximate surface area is 112 Å². The van der Waals surface area contributed by atoms with Crippen LogP contribution in [0.5, 0.6) is 5.75 Å². The number of carbonyl (C=O) groups is 2. The zero-order chi connectivity index (χ0) is 14.6. The molecule has 0 fully saturated rings. The van der Waals surface area contributed by atoms with E-state index in [1.54, 1.807) is 13.8 Å². The van der Waals surface area contributed by atoms with Crippen LogP contribution in [0.25, 0.3) is 0 Å². The molecule has 0 bridgehead atoms. The number of nitrogens with zero attached hydrogens (tertiary/aromatic N) is 1. The smallest absolute Gasteiger partial charge is 0.379 e. The molecule has 1 rings (SSSR count). The molecule has 5 heteroatoms. The van der Waals surface area contributed by atoms with Gasteiger partial charge in [0.2, 0.25) is 0 Å². The normalized spacial score (nSPS) is 10.6. The van der Waals surface area contributed by atoms with Crippen molar-refractivity contribution in [1.29, 1.82) is 0 Å². The van der Waals surface area contributed by atoms with Crippen molar-refractivity contribution >= 4 is 11.8 Å². The Morgan fingerprint density at radius 3 is 2.47 bits per heavy atom. The van der Waals surface area contributed by atoms with Gasteiger partial charge in [-0.15, -0.1) is 0 Å². The van der Waals surface area contributed by atoms with E-state index in [9.17, 15) is 14.7 Å². The molecule has 0 atom stereocenters. The summed E-state index contributed by atoms with van der Waals surface area (Å²) in [6, 6.07) is 3.02. The zero-order valence-electron chi connectivity index (χ0n) is 11.7. The number of phenols is 1. The predicted molar refractivity (Wildman–Crippen MR) is 71.2 cm³/mol. The van der Waals surface area contributed by atoms with E-state index in [4.69, 9.17) is 0 Å². The summed E-state index contributed by atoms with van der Waals surface area (Å²) in [5, 5.41) is 9.94. The Morgan fingerprint density at radius 1 is 1.32 bits per heavy atom. The molecule has 104 valence electrons. The lowest BCUT2D eigenvalue weighted by atomic mass is 10.0. The minimum atomic E-state index is -0.872. The summed E-state index contributed by atoms with van der Waals surface area (Å²) < 4.78 is 4.69. The molecule has 0 saturated carbocycles. The Hall–Kier alpha value is -1.88. The van der Waals surface area contributed by atoms with Gasteiger partial charge in [0.1, 0.15) is 5.75 Å². The van der Waals surface area contributed by atoms with Crippen LogP contribution in [0.1, 0.15) is 28.4 Å². The number of aryl methyl sites for hydroxylation is 1. The van der Waals surface area contributed by atoms with Gasteiger partial charge in [-0.1, -0.05) is 0 Å². The van der Waals surface area contributed by atoms with Crippen LogP contribution in [0.3, 0.4) is 0 Å². The molecule has 0 unspecified atom stereocenters. The first-order valence-electron chi connectivity index (χ1n) is 6.05. The summed E-state index contributed by atoms with van der Waals surface area (Å²) in [5.74, 6) is -1.41. The maximum atomic E-state index is 11.9. The monoisotopic (exact) mass is 265 g/mol. The van der Waals surface area contributed by atoms with E-state index in [0.29, 0.717) is 17.7 Å². The van der Waals surface area contributed by atoms with Crippen molar-refractivity contribution in [3.05, 3.63) is 28.8 Å². The number of phenolic OH excluding ortho intramolecular Hbond substituents is 1. The molecule has 19 heavy (non-hydrogen) atoms. The first kappa shape index (κ1) is 15.2. The van der Waals surface area contributed by atoms with Crippen molar-refractivity contribution in [2.45, 2.75) is 20.4 Å². The Balaban J connectivity index is 3.12. The maximum Gasteiger partial charge on any atom is 0.379 e. The van der Waals surface area contributed by atoms with Crippen LogP contribution in [0.4, 0.5) is 0 Å². The minimum absolute atomic E-state index is 0.147. The highest BCUT2D eigenvalue weighted by Crippen LogP contribution is 2.25.